The highest BCUT2D eigenvalue weighted by Crippen LogP contribution is 2.11. The Morgan fingerprint density at radius 3 is 2.93 bits per heavy atom. The largest absolute Gasteiger partial charge is 0.399 e. The average molecular weight is 212 g/mol. The van der Waals surface area contributed by atoms with Crippen molar-refractivity contribution in [3.05, 3.63) is 29.6 Å². The molecule has 1 unspecified atom stereocenters. The molecule has 0 saturated carbocycles. The minimum absolute atomic E-state index is 0.0765. The molecule has 4 N–H and O–H groups in total. The van der Waals surface area contributed by atoms with Crippen LogP contribution < -0.4 is 11.1 Å². The monoisotopic (exact) mass is 212 g/mol. The number of aliphatic hydroxyl groups excluding tert-OH is 1. The predicted octanol–water partition coefficient (Wildman–Crippen LogP) is 0.519. The van der Waals surface area contributed by atoms with Crippen molar-refractivity contribution >= 4 is 11.6 Å². The van der Waals surface area contributed by atoms with Crippen molar-refractivity contribution in [2.24, 2.45) is 0 Å². The molecule has 1 aromatic rings. The van der Waals surface area contributed by atoms with Crippen molar-refractivity contribution in [1.29, 1.82) is 0 Å². The van der Waals surface area contributed by atoms with E-state index in [2.05, 4.69) is 5.32 Å². The second kappa shape index (κ2) is 4.75. The predicted molar refractivity (Wildman–Crippen MR) is 54.8 cm³/mol. The number of carbonyl (C=O) groups is 1. The van der Waals surface area contributed by atoms with E-state index >= 15 is 0 Å². The number of halogens is 1. The zero-order chi connectivity index (χ0) is 11.4. The Kier molecular flexibility index (Phi) is 3.62. The van der Waals surface area contributed by atoms with Crippen molar-refractivity contribution < 1.29 is 14.3 Å². The molecule has 4 nitrogen and oxygen atoms in total. The number of rotatable bonds is 3. The number of hydrogen-bond donors (Lipinski definition) is 3. The lowest BCUT2D eigenvalue weighted by molar-refractivity contribution is 0.0920. The number of carbonyl (C=O) groups excluding carboxylic acids is 1. The molecule has 1 amide bonds. The quantitative estimate of drug-likeness (QED) is 0.639. The fraction of sp³-hybridized carbons (Fsp3) is 0.300. The number of amides is 1. The van der Waals surface area contributed by atoms with E-state index < -0.39 is 17.8 Å². The molecule has 0 spiro atoms. The summed E-state index contributed by atoms with van der Waals surface area (Å²) in [5.74, 6) is -1.21. The Morgan fingerprint density at radius 2 is 2.33 bits per heavy atom. The summed E-state index contributed by atoms with van der Waals surface area (Å²) in [6.45, 7) is 1.60. The van der Waals surface area contributed by atoms with Gasteiger partial charge in [0.05, 0.1) is 11.7 Å². The minimum Gasteiger partial charge on any atom is -0.399 e. The zero-order valence-electron chi connectivity index (χ0n) is 8.33. The highest BCUT2D eigenvalue weighted by Gasteiger charge is 2.11. The van der Waals surface area contributed by atoms with E-state index in [0.717, 1.165) is 6.07 Å². The van der Waals surface area contributed by atoms with Crippen molar-refractivity contribution in [2.75, 3.05) is 12.3 Å². The molecule has 0 heterocycles. The topological polar surface area (TPSA) is 75.3 Å². The number of hydrogen-bond acceptors (Lipinski definition) is 3. The van der Waals surface area contributed by atoms with Gasteiger partial charge in [-0.2, -0.15) is 0 Å². The minimum atomic E-state index is -0.668. The van der Waals surface area contributed by atoms with Crippen LogP contribution in [-0.2, 0) is 0 Å². The van der Waals surface area contributed by atoms with Crippen LogP contribution in [0.2, 0.25) is 0 Å². The van der Waals surface area contributed by atoms with Crippen LogP contribution in [-0.4, -0.2) is 23.7 Å². The highest BCUT2D eigenvalue weighted by molar-refractivity contribution is 5.95. The maximum Gasteiger partial charge on any atom is 0.254 e. The third-order valence-electron chi connectivity index (χ3n) is 1.79. The Hall–Kier alpha value is -1.62. The summed E-state index contributed by atoms with van der Waals surface area (Å²) in [5.41, 5.74) is 5.63. The summed E-state index contributed by atoms with van der Waals surface area (Å²) in [6.07, 6.45) is -0.668. The normalized spacial score (nSPS) is 12.2. The van der Waals surface area contributed by atoms with E-state index in [1.54, 1.807) is 0 Å². The van der Waals surface area contributed by atoms with E-state index in [1.165, 1.54) is 19.1 Å². The molecule has 15 heavy (non-hydrogen) atoms. The van der Waals surface area contributed by atoms with Crippen molar-refractivity contribution in [3.63, 3.8) is 0 Å². The lowest BCUT2D eigenvalue weighted by Gasteiger charge is -2.08. The van der Waals surface area contributed by atoms with Gasteiger partial charge in [0.2, 0.25) is 0 Å². The van der Waals surface area contributed by atoms with Gasteiger partial charge in [-0.3, -0.25) is 4.79 Å². The molecule has 0 radical (unpaired) electrons. The van der Waals surface area contributed by atoms with Crippen LogP contribution in [0.3, 0.4) is 0 Å². The van der Waals surface area contributed by atoms with Crippen LogP contribution in [0.5, 0.6) is 0 Å². The third kappa shape index (κ3) is 3.21. The number of nitrogen functional groups attached to an aromatic ring is 1. The van der Waals surface area contributed by atoms with Gasteiger partial charge in [-0.15, -0.1) is 0 Å². The van der Waals surface area contributed by atoms with Gasteiger partial charge in [-0.1, -0.05) is 0 Å². The summed E-state index contributed by atoms with van der Waals surface area (Å²) in [6, 6.07) is 3.76. The number of aliphatic hydroxyl groups is 1. The van der Waals surface area contributed by atoms with Crippen LogP contribution in [0, 0.1) is 5.82 Å². The fourth-order valence-corrected chi connectivity index (χ4v) is 1.05. The van der Waals surface area contributed by atoms with Gasteiger partial charge in [0.15, 0.2) is 0 Å². The number of anilines is 1. The first-order valence-electron chi connectivity index (χ1n) is 4.52. The Bertz CT molecular complexity index is 366. The molecule has 0 fully saturated rings. The molecular weight excluding hydrogens is 199 g/mol. The summed E-state index contributed by atoms with van der Waals surface area (Å²) in [7, 11) is 0. The van der Waals surface area contributed by atoms with Gasteiger partial charge < -0.3 is 16.2 Å². The van der Waals surface area contributed by atoms with Crippen molar-refractivity contribution in [2.45, 2.75) is 13.0 Å². The van der Waals surface area contributed by atoms with Crippen molar-refractivity contribution in [3.8, 4) is 0 Å². The number of benzene rings is 1. The van der Waals surface area contributed by atoms with Crippen LogP contribution in [0.25, 0.3) is 0 Å². The van der Waals surface area contributed by atoms with E-state index in [-0.39, 0.29) is 12.1 Å². The summed E-state index contributed by atoms with van der Waals surface area (Å²) in [4.78, 5) is 11.4. The number of nitrogens with two attached hydrogens (primary N) is 1. The summed E-state index contributed by atoms with van der Waals surface area (Å²) < 4.78 is 13.2. The van der Waals surface area contributed by atoms with Crippen LogP contribution in [0.4, 0.5) is 10.1 Å². The Morgan fingerprint density at radius 1 is 1.67 bits per heavy atom. The molecule has 0 aliphatic heterocycles. The van der Waals surface area contributed by atoms with Gasteiger partial charge in [0.25, 0.3) is 5.91 Å². The second-order valence-electron chi connectivity index (χ2n) is 3.30. The Balaban J connectivity index is 2.77. The zero-order valence-corrected chi connectivity index (χ0v) is 8.33. The van der Waals surface area contributed by atoms with E-state index in [1.807, 2.05) is 0 Å². The maximum absolute atomic E-state index is 13.2. The Labute approximate surface area is 86.9 Å². The highest BCUT2D eigenvalue weighted by atomic mass is 19.1. The second-order valence-corrected chi connectivity index (χ2v) is 3.30. The van der Waals surface area contributed by atoms with Gasteiger partial charge in [-0.25, -0.2) is 4.39 Å². The smallest absolute Gasteiger partial charge is 0.254 e. The van der Waals surface area contributed by atoms with Gasteiger partial charge in [0, 0.05) is 12.2 Å². The molecule has 0 aromatic heterocycles. The first-order chi connectivity index (χ1) is 7.00. The van der Waals surface area contributed by atoms with Gasteiger partial charge in [-0.05, 0) is 25.1 Å². The van der Waals surface area contributed by atoms with Crippen LogP contribution in [0.15, 0.2) is 18.2 Å². The third-order valence-corrected chi connectivity index (χ3v) is 1.79. The molecule has 82 valence electrons. The first-order valence-corrected chi connectivity index (χ1v) is 4.52. The lowest BCUT2D eigenvalue weighted by atomic mass is 10.1. The lowest BCUT2D eigenvalue weighted by Crippen LogP contribution is -2.31. The molecule has 0 aliphatic rings. The van der Waals surface area contributed by atoms with Gasteiger partial charge in [0.1, 0.15) is 5.82 Å². The fourth-order valence-electron chi connectivity index (χ4n) is 1.05. The molecule has 1 atom stereocenters. The van der Waals surface area contributed by atoms with Crippen LogP contribution in [0.1, 0.15) is 17.3 Å². The first kappa shape index (κ1) is 11.5. The molecule has 1 aromatic carbocycles. The molecule has 5 heteroatoms. The van der Waals surface area contributed by atoms with E-state index in [4.69, 9.17) is 10.8 Å². The molecule has 0 aliphatic carbocycles. The summed E-state index contributed by atoms with van der Waals surface area (Å²) >= 11 is 0. The average Bonchev–Trinajstić information content (AvgIpc) is 2.18. The van der Waals surface area contributed by atoms with Gasteiger partial charge >= 0.3 is 0 Å². The standard InChI is InChI=1S/C10H13FN2O2/c1-6(14)5-13-10(15)8-4-7(12)2-3-9(8)11/h2-4,6,14H,5,12H2,1H3,(H,13,15). The number of nitrogens with one attached hydrogen (secondary N) is 1. The van der Waals surface area contributed by atoms with Crippen LogP contribution >= 0.6 is 0 Å². The maximum atomic E-state index is 13.2. The molecule has 1 rings (SSSR count). The van der Waals surface area contributed by atoms with E-state index in [0.29, 0.717) is 5.69 Å². The molecule has 0 bridgehead atoms. The SMILES string of the molecule is CC(O)CNC(=O)c1cc(N)ccc1F. The van der Waals surface area contributed by atoms with Crippen molar-refractivity contribution in [1.82, 2.24) is 5.32 Å². The molecular formula is C10H13FN2O2. The van der Waals surface area contributed by atoms with E-state index in [9.17, 15) is 9.18 Å². The summed E-state index contributed by atoms with van der Waals surface area (Å²) in [5, 5.41) is 11.3. The molecule has 0 saturated heterocycles.